The van der Waals surface area contributed by atoms with E-state index in [1.807, 2.05) is 47.3 Å². The van der Waals surface area contributed by atoms with Gasteiger partial charge in [0.15, 0.2) is 0 Å². The fraction of sp³-hybridized carbons (Fsp3) is 0.318. The highest BCUT2D eigenvalue weighted by Gasteiger charge is 2.12. The van der Waals surface area contributed by atoms with Crippen molar-refractivity contribution in [1.82, 2.24) is 14.7 Å². The SMILES string of the molecule is Cc1cc(O)c(CN(C)Cc2cnn(-c3ccccc3)c2)cc1C(C)C. The summed E-state index contributed by atoms with van der Waals surface area (Å²) < 4.78 is 1.89. The Kier molecular flexibility index (Phi) is 5.43. The zero-order valence-corrected chi connectivity index (χ0v) is 16.0. The van der Waals surface area contributed by atoms with Crippen LogP contribution in [0.1, 0.15) is 42.0 Å². The quantitative estimate of drug-likeness (QED) is 0.705. The van der Waals surface area contributed by atoms with Crippen molar-refractivity contribution in [2.45, 2.75) is 39.8 Å². The summed E-state index contributed by atoms with van der Waals surface area (Å²) in [5, 5.41) is 14.8. The van der Waals surface area contributed by atoms with Crippen LogP contribution in [0.2, 0.25) is 0 Å². The van der Waals surface area contributed by atoms with Gasteiger partial charge in [-0.3, -0.25) is 4.90 Å². The average molecular weight is 349 g/mol. The zero-order valence-electron chi connectivity index (χ0n) is 16.0. The second-order valence-electron chi connectivity index (χ2n) is 7.29. The van der Waals surface area contributed by atoms with Crippen LogP contribution in [0.3, 0.4) is 0 Å². The molecule has 0 amide bonds. The van der Waals surface area contributed by atoms with Gasteiger partial charge in [-0.15, -0.1) is 0 Å². The third-order valence-corrected chi connectivity index (χ3v) is 4.64. The highest BCUT2D eigenvalue weighted by atomic mass is 16.3. The first-order chi connectivity index (χ1) is 12.4. The molecule has 136 valence electrons. The molecule has 0 unspecified atom stereocenters. The Hall–Kier alpha value is -2.59. The Labute approximate surface area is 155 Å². The molecule has 0 spiro atoms. The van der Waals surface area contributed by atoms with Crippen LogP contribution in [0.25, 0.3) is 5.69 Å². The number of aromatic nitrogens is 2. The van der Waals surface area contributed by atoms with E-state index in [4.69, 9.17) is 0 Å². The van der Waals surface area contributed by atoms with Crippen molar-refractivity contribution in [2.75, 3.05) is 7.05 Å². The van der Waals surface area contributed by atoms with Gasteiger partial charge in [0, 0.05) is 30.4 Å². The summed E-state index contributed by atoms with van der Waals surface area (Å²) >= 11 is 0. The minimum Gasteiger partial charge on any atom is -0.508 e. The molecule has 0 atom stereocenters. The number of aromatic hydroxyl groups is 1. The first-order valence-corrected chi connectivity index (χ1v) is 9.04. The molecular formula is C22H27N3O. The van der Waals surface area contributed by atoms with Gasteiger partial charge in [0.05, 0.1) is 11.9 Å². The summed E-state index contributed by atoms with van der Waals surface area (Å²) in [5.41, 5.74) is 5.61. The lowest BCUT2D eigenvalue weighted by Gasteiger charge is -2.19. The van der Waals surface area contributed by atoms with Crippen LogP contribution in [0.4, 0.5) is 0 Å². The predicted octanol–water partition coefficient (Wildman–Crippen LogP) is 4.64. The number of hydrogen-bond donors (Lipinski definition) is 1. The van der Waals surface area contributed by atoms with Crippen LogP contribution in [-0.4, -0.2) is 26.8 Å². The van der Waals surface area contributed by atoms with Gasteiger partial charge in [-0.05, 0) is 49.2 Å². The predicted molar refractivity (Wildman–Crippen MR) is 106 cm³/mol. The van der Waals surface area contributed by atoms with E-state index in [-0.39, 0.29) is 0 Å². The molecule has 0 bridgehead atoms. The van der Waals surface area contributed by atoms with Crippen molar-refractivity contribution >= 4 is 0 Å². The first-order valence-electron chi connectivity index (χ1n) is 9.04. The highest BCUT2D eigenvalue weighted by Crippen LogP contribution is 2.28. The molecule has 4 nitrogen and oxygen atoms in total. The second-order valence-corrected chi connectivity index (χ2v) is 7.29. The molecule has 0 radical (unpaired) electrons. The number of benzene rings is 2. The number of para-hydroxylation sites is 1. The molecule has 2 aromatic carbocycles. The third-order valence-electron chi connectivity index (χ3n) is 4.64. The van der Waals surface area contributed by atoms with Crippen LogP contribution in [0, 0.1) is 6.92 Å². The Morgan fingerprint density at radius 3 is 2.54 bits per heavy atom. The molecule has 1 heterocycles. The highest BCUT2D eigenvalue weighted by molar-refractivity contribution is 5.42. The first kappa shape index (κ1) is 18.2. The maximum atomic E-state index is 10.3. The van der Waals surface area contributed by atoms with E-state index >= 15 is 0 Å². The van der Waals surface area contributed by atoms with Crippen molar-refractivity contribution in [2.24, 2.45) is 0 Å². The minimum absolute atomic E-state index is 0.374. The minimum atomic E-state index is 0.374. The summed E-state index contributed by atoms with van der Waals surface area (Å²) in [6.45, 7) is 7.90. The van der Waals surface area contributed by atoms with Crippen LogP contribution in [0.15, 0.2) is 54.9 Å². The summed E-state index contributed by atoms with van der Waals surface area (Å²) in [6.07, 6.45) is 3.96. The lowest BCUT2D eigenvalue weighted by atomic mass is 9.95. The van der Waals surface area contributed by atoms with Crippen LogP contribution in [-0.2, 0) is 13.1 Å². The molecular weight excluding hydrogens is 322 g/mol. The van der Waals surface area contributed by atoms with Gasteiger partial charge in [0.25, 0.3) is 0 Å². The number of aryl methyl sites for hydroxylation is 1. The molecule has 0 aliphatic rings. The lowest BCUT2D eigenvalue weighted by Crippen LogP contribution is -2.17. The monoisotopic (exact) mass is 349 g/mol. The van der Waals surface area contributed by atoms with Gasteiger partial charge in [-0.2, -0.15) is 5.10 Å². The van der Waals surface area contributed by atoms with Crippen molar-refractivity contribution in [1.29, 1.82) is 0 Å². The van der Waals surface area contributed by atoms with E-state index in [1.54, 1.807) is 0 Å². The molecule has 0 aliphatic carbocycles. The van der Waals surface area contributed by atoms with Crippen LogP contribution in [0.5, 0.6) is 5.75 Å². The lowest BCUT2D eigenvalue weighted by molar-refractivity contribution is 0.312. The average Bonchev–Trinajstić information content (AvgIpc) is 3.06. The van der Waals surface area contributed by atoms with E-state index in [0.717, 1.165) is 28.9 Å². The fourth-order valence-electron chi connectivity index (χ4n) is 3.33. The Bertz CT molecular complexity index is 868. The second kappa shape index (κ2) is 7.75. The summed E-state index contributed by atoms with van der Waals surface area (Å²) in [4.78, 5) is 2.20. The van der Waals surface area contributed by atoms with E-state index in [0.29, 0.717) is 18.2 Å². The van der Waals surface area contributed by atoms with Gasteiger partial charge >= 0.3 is 0 Å². The molecule has 0 aliphatic heterocycles. The molecule has 4 heteroatoms. The molecule has 0 saturated carbocycles. The largest absolute Gasteiger partial charge is 0.508 e. The third kappa shape index (κ3) is 4.14. The van der Waals surface area contributed by atoms with Gasteiger partial charge < -0.3 is 5.11 Å². The summed E-state index contributed by atoms with van der Waals surface area (Å²) in [6, 6.07) is 14.1. The van der Waals surface area contributed by atoms with Crippen molar-refractivity contribution in [3.8, 4) is 11.4 Å². The molecule has 1 aromatic heterocycles. The van der Waals surface area contributed by atoms with Gasteiger partial charge in [-0.1, -0.05) is 38.1 Å². The Morgan fingerprint density at radius 1 is 1.12 bits per heavy atom. The zero-order chi connectivity index (χ0) is 18.7. The van der Waals surface area contributed by atoms with Crippen molar-refractivity contribution < 1.29 is 5.11 Å². The standard InChI is InChI=1S/C22H27N3O/c1-16(2)21-11-19(22(26)10-17(21)3)15-24(4)13-18-12-23-25(14-18)20-8-6-5-7-9-20/h5-12,14,16,26H,13,15H2,1-4H3. The fourth-order valence-corrected chi connectivity index (χ4v) is 3.33. The maximum absolute atomic E-state index is 10.3. The molecule has 3 rings (SSSR count). The summed E-state index contributed by atoms with van der Waals surface area (Å²) in [7, 11) is 2.06. The Morgan fingerprint density at radius 2 is 1.85 bits per heavy atom. The number of phenols is 1. The van der Waals surface area contributed by atoms with Gasteiger partial charge in [-0.25, -0.2) is 4.68 Å². The Balaban J connectivity index is 1.71. The van der Waals surface area contributed by atoms with Gasteiger partial charge in [0.2, 0.25) is 0 Å². The molecule has 0 saturated heterocycles. The van der Waals surface area contributed by atoms with Gasteiger partial charge in [0.1, 0.15) is 5.75 Å². The van der Waals surface area contributed by atoms with Crippen molar-refractivity contribution in [3.63, 3.8) is 0 Å². The number of hydrogen-bond acceptors (Lipinski definition) is 3. The summed E-state index contributed by atoms with van der Waals surface area (Å²) in [5.74, 6) is 0.822. The molecule has 0 fully saturated rings. The van der Waals surface area contributed by atoms with E-state index in [1.165, 1.54) is 5.56 Å². The topological polar surface area (TPSA) is 41.3 Å². The normalized spacial score (nSPS) is 11.5. The van der Waals surface area contributed by atoms with Crippen LogP contribution < -0.4 is 0 Å². The van der Waals surface area contributed by atoms with E-state index in [9.17, 15) is 5.11 Å². The molecule has 3 aromatic rings. The van der Waals surface area contributed by atoms with Crippen LogP contribution >= 0.6 is 0 Å². The van der Waals surface area contributed by atoms with E-state index in [2.05, 4.69) is 50.1 Å². The smallest absolute Gasteiger partial charge is 0.120 e. The number of nitrogens with zero attached hydrogens (tertiary/aromatic N) is 3. The maximum Gasteiger partial charge on any atom is 0.120 e. The van der Waals surface area contributed by atoms with E-state index < -0.39 is 0 Å². The number of rotatable bonds is 6. The number of phenolic OH excluding ortho intramolecular Hbond substituents is 1. The van der Waals surface area contributed by atoms with Crippen molar-refractivity contribution in [3.05, 3.63) is 77.1 Å². The molecule has 1 N–H and O–H groups in total. The molecule has 26 heavy (non-hydrogen) atoms.